The Morgan fingerprint density at radius 3 is 2.29 bits per heavy atom. The first-order valence-electron chi connectivity index (χ1n) is 7.50. The van der Waals surface area contributed by atoms with Gasteiger partial charge in [-0.15, -0.1) is 0 Å². The van der Waals surface area contributed by atoms with E-state index < -0.39 is 0 Å². The monoisotopic (exact) mass is 235 g/mol. The third kappa shape index (κ3) is 2.00. The third-order valence-corrected chi connectivity index (χ3v) is 5.37. The normalized spacial score (nSPS) is 43.5. The van der Waals surface area contributed by atoms with E-state index in [4.69, 9.17) is 0 Å². The van der Waals surface area contributed by atoms with Crippen molar-refractivity contribution in [2.75, 3.05) is 6.54 Å². The van der Waals surface area contributed by atoms with Crippen molar-refractivity contribution < 1.29 is 4.79 Å². The number of carbonyl (C=O) groups is 1. The third-order valence-electron chi connectivity index (χ3n) is 5.37. The number of hydrogen-bond acceptors (Lipinski definition) is 1. The topological polar surface area (TPSA) is 29.1 Å². The quantitative estimate of drug-likeness (QED) is 0.800. The standard InChI is InChI=1S/C15H25NO/c1-2-5-16-14(17)15-8-11-3-4-12(9-15)7-13(6-11)10-15/h11-13H,2-10H2,1H3,(H,16,17)/t11-,12-,13?,15?/m1/s1. The van der Waals surface area contributed by atoms with Crippen LogP contribution in [0.2, 0.25) is 0 Å². The van der Waals surface area contributed by atoms with E-state index in [1.54, 1.807) is 0 Å². The molecule has 0 unspecified atom stereocenters. The molecule has 0 aromatic rings. The summed E-state index contributed by atoms with van der Waals surface area (Å²) >= 11 is 0. The Hall–Kier alpha value is -0.530. The maximum atomic E-state index is 12.5. The molecule has 4 fully saturated rings. The number of fused-ring (bicyclic) bond motifs is 1. The van der Waals surface area contributed by atoms with Crippen molar-refractivity contribution >= 4 is 5.91 Å². The maximum Gasteiger partial charge on any atom is 0.226 e. The van der Waals surface area contributed by atoms with Gasteiger partial charge >= 0.3 is 0 Å². The van der Waals surface area contributed by atoms with Crippen molar-refractivity contribution in [2.45, 2.75) is 58.3 Å². The average Bonchev–Trinajstić information content (AvgIpc) is 2.53. The number of carbonyl (C=O) groups excluding carboxylic acids is 1. The van der Waals surface area contributed by atoms with Crippen LogP contribution >= 0.6 is 0 Å². The van der Waals surface area contributed by atoms with Gasteiger partial charge in [0.15, 0.2) is 0 Å². The van der Waals surface area contributed by atoms with E-state index in [0.29, 0.717) is 5.91 Å². The van der Waals surface area contributed by atoms with E-state index in [2.05, 4.69) is 12.2 Å². The molecule has 2 atom stereocenters. The minimum absolute atomic E-state index is 0.0438. The molecule has 4 aliphatic carbocycles. The van der Waals surface area contributed by atoms with Crippen LogP contribution in [0.15, 0.2) is 0 Å². The molecule has 2 heteroatoms. The number of nitrogens with one attached hydrogen (secondary N) is 1. The van der Waals surface area contributed by atoms with Gasteiger partial charge in [-0.3, -0.25) is 4.79 Å². The van der Waals surface area contributed by atoms with Crippen molar-refractivity contribution in [2.24, 2.45) is 23.2 Å². The summed E-state index contributed by atoms with van der Waals surface area (Å²) in [6.45, 7) is 2.99. The molecule has 4 bridgehead atoms. The van der Waals surface area contributed by atoms with Gasteiger partial charge in [0.2, 0.25) is 5.91 Å². The highest BCUT2D eigenvalue weighted by molar-refractivity contribution is 5.83. The molecule has 0 radical (unpaired) electrons. The van der Waals surface area contributed by atoms with Crippen LogP contribution < -0.4 is 5.32 Å². The highest BCUT2D eigenvalue weighted by Gasteiger charge is 2.52. The Balaban J connectivity index is 1.79. The van der Waals surface area contributed by atoms with Crippen molar-refractivity contribution in [1.29, 1.82) is 0 Å². The lowest BCUT2D eigenvalue weighted by molar-refractivity contribution is -0.138. The first-order valence-corrected chi connectivity index (χ1v) is 7.50. The summed E-state index contributed by atoms with van der Waals surface area (Å²) in [5, 5.41) is 3.18. The van der Waals surface area contributed by atoms with Gasteiger partial charge in [-0.1, -0.05) is 19.8 Å². The Bertz CT molecular complexity index is 296. The van der Waals surface area contributed by atoms with E-state index in [1.807, 2.05) is 0 Å². The molecule has 4 saturated carbocycles. The zero-order valence-electron chi connectivity index (χ0n) is 11.0. The Kier molecular flexibility index (Phi) is 2.92. The van der Waals surface area contributed by atoms with Gasteiger partial charge in [0.1, 0.15) is 0 Å². The zero-order chi connectivity index (χ0) is 11.9. The van der Waals surface area contributed by atoms with Crippen molar-refractivity contribution in [3.63, 3.8) is 0 Å². The smallest absolute Gasteiger partial charge is 0.226 e. The van der Waals surface area contributed by atoms with Crippen molar-refractivity contribution in [3.05, 3.63) is 0 Å². The second-order valence-electron chi connectivity index (χ2n) is 6.80. The fourth-order valence-corrected chi connectivity index (χ4v) is 4.90. The van der Waals surface area contributed by atoms with Gasteiger partial charge < -0.3 is 5.32 Å². The van der Waals surface area contributed by atoms with Gasteiger partial charge in [0, 0.05) is 12.0 Å². The van der Waals surface area contributed by atoms with Gasteiger partial charge in [0.25, 0.3) is 0 Å². The van der Waals surface area contributed by atoms with Gasteiger partial charge in [-0.25, -0.2) is 0 Å². The molecule has 1 N–H and O–H groups in total. The molecule has 0 saturated heterocycles. The lowest BCUT2D eigenvalue weighted by atomic mass is 9.58. The molecule has 4 aliphatic rings. The highest BCUT2D eigenvalue weighted by atomic mass is 16.2. The second kappa shape index (κ2) is 4.29. The summed E-state index contributed by atoms with van der Waals surface area (Å²) < 4.78 is 0. The molecule has 0 heterocycles. The van der Waals surface area contributed by atoms with Crippen molar-refractivity contribution in [3.8, 4) is 0 Å². The van der Waals surface area contributed by atoms with Crippen LogP contribution in [-0.2, 0) is 4.79 Å². The number of amides is 1. The minimum Gasteiger partial charge on any atom is -0.356 e. The van der Waals surface area contributed by atoms with Crippen LogP contribution in [0.3, 0.4) is 0 Å². The first-order chi connectivity index (χ1) is 8.22. The highest BCUT2D eigenvalue weighted by Crippen LogP contribution is 2.57. The van der Waals surface area contributed by atoms with Crippen LogP contribution in [0.25, 0.3) is 0 Å². The summed E-state index contributed by atoms with van der Waals surface area (Å²) in [4.78, 5) is 12.5. The van der Waals surface area contributed by atoms with Crippen LogP contribution in [0.5, 0.6) is 0 Å². The molecule has 1 amide bonds. The molecule has 0 aliphatic heterocycles. The molecule has 0 aromatic heterocycles. The Morgan fingerprint density at radius 1 is 1.12 bits per heavy atom. The lowest BCUT2D eigenvalue weighted by Crippen LogP contribution is -2.48. The van der Waals surface area contributed by atoms with Gasteiger partial charge in [-0.2, -0.15) is 0 Å². The number of hydrogen-bond donors (Lipinski definition) is 1. The molecule has 17 heavy (non-hydrogen) atoms. The molecular weight excluding hydrogens is 210 g/mol. The molecular formula is C15H25NO. The van der Waals surface area contributed by atoms with Crippen LogP contribution in [0, 0.1) is 23.2 Å². The molecule has 0 spiro atoms. The predicted octanol–water partition coefficient (Wildman–Crippen LogP) is 3.12. The van der Waals surface area contributed by atoms with Crippen molar-refractivity contribution in [1.82, 2.24) is 5.32 Å². The van der Waals surface area contributed by atoms with E-state index >= 15 is 0 Å². The largest absolute Gasteiger partial charge is 0.356 e. The second-order valence-corrected chi connectivity index (χ2v) is 6.80. The Labute approximate surface area is 105 Å². The fourth-order valence-electron chi connectivity index (χ4n) is 4.90. The van der Waals surface area contributed by atoms with E-state index in [0.717, 1.165) is 30.7 Å². The van der Waals surface area contributed by atoms with Crippen LogP contribution in [0.4, 0.5) is 0 Å². The maximum absolute atomic E-state index is 12.5. The zero-order valence-corrected chi connectivity index (χ0v) is 11.0. The summed E-state index contributed by atoms with van der Waals surface area (Å²) in [6.07, 6.45) is 10.2. The van der Waals surface area contributed by atoms with E-state index in [-0.39, 0.29) is 5.41 Å². The summed E-state index contributed by atoms with van der Waals surface area (Å²) in [5.74, 6) is 2.96. The fraction of sp³-hybridized carbons (Fsp3) is 0.933. The molecule has 0 aromatic carbocycles. The predicted molar refractivity (Wildman–Crippen MR) is 68.5 cm³/mol. The van der Waals surface area contributed by atoms with E-state index in [9.17, 15) is 4.79 Å². The summed E-state index contributed by atoms with van der Waals surface area (Å²) in [6, 6.07) is 0. The van der Waals surface area contributed by atoms with E-state index in [1.165, 1.54) is 44.9 Å². The summed E-state index contributed by atoms with van der Waals surface area (Å²) in [7, 11) is 0. The van der Waals surface area contributed by atoms with Crippen LogP contribution in [-0.4, -0.2) is 12.5 Å². The average molecular weight is 235 g/mol. The minimum atomic E-state index is 0.0438. The van der Waals surface area contributed by atoms with Gasteiger partial charge in [0.05, 0.1) is 0 Å². The SMILES string of the molecule is CCCNC(=O)C12CC3C[C@@H](CC[C@H](C3)C1)C2. The summed E-state index contributed by atoms with van der Waals surface area (Å²) in [5.41, 5.74) is 0.0438. The Morgan fingerprint density at radius 2 is 1.71 bits per heavy atom. The molecule has 96 valence electrons. The van der Waals surface area contributed by atoms with Gasteiger partial charge in [-0.05, 0) is 56.3 Å². The number of rotatable bonds is 3. The lowest BCUT2D eigenvalue weighted by Gasteiger charge is -2.47. The van der Waals surface area contributed by atoms with Crippen LogP contribution in [0.1, 0.15) is 58.3 Å². The first kappa shape index (κ1) is 11.6. The molecule has 2 nitrogen and oxygen atoms in total. The molecule has 4 rings (SSSR count).